The summed E-state index contributed by atoms with van der Waals surface area (Å²) in [5, 5.41) is 13.4. The van der Waals surface area contributed by atoms with E-state index in [9.17, 15) is 9.90 Å². The summed E-state index contributed by atoms with van der Waals surface area (Å²) >= 11 is 1.97. The third-order valence-electron chi connectivity index (χ3n) is 3.79. The Balaban J connectivity index is 1.84. The maximum Gasteiger partial charge on any atom is 0.323 e. The van der Waals surface area contributed by atoms with Gasteiger partial charge >= 0.3 is 5.97 Å². The van der Waals surface area contributed by atoms with Crippen molar-refractivity contribution in [2.45, 2.75) is 68.7 Å². The number of unbranched alkanes of at least 4 members (excludes halogenated alkanes) is 1. The van der Waals surface area contributed by atoms with Crippen LogP contribution in [0.15, 0.2) is 0 Å². The molecule has 2 atom stereocenters. The minimum Gasteiger partial charge on any atom is -0.480 e. The van der Waals surface area contributed by atoms with E-state index in [4.69, 9.17) is 0 Å². The number of thioether (sulfide) groups is 1. The molecule has 3 nitrogen and oxygen atoms in total. The molecule has 2 aliphatic rings. The summed E-state index contributed by atoms with van der Waals surface area (Å²) in [5.74, 6) is 0.545. The fourth-order valence-electron chi connectivity index (χ4n) is 2.54. The van der Waals surface area contributed by atoms with Crippen LogP contribution in [0.3, 0.4) is 0 Å². The Morgan fingerprint density at radius 3 is 2.82 bits per heavy atom. The summed E-state index contributed by atoms with van der Waals surface area (Å²) in [7, 11) is 0. The van der Waals surface area contributed by atoms with Crippen LogP contribution in [0.2, 0.25) is 0 Å². The molecule has 0 amide bonds. The number of carboxylic acid groups (broad SMARTS) is 1. The molecule has 4 heteroatoms. The van der Waals surface area contributed by atoms with Crippen LogP contribution in [0.5, 0.6) is 0 Å². The van der Waals surface area contributed by atoms with E-state index in [1.807, 2.05) is 11.8 Å². The molecule has 2 N–H and O–H groups in total. The van der Waals surface area contributed by atoms with Gasteiger partial charge in [0.1, 0.15) is 5.54 Å². The second kappa shape index (κ2) is 5.61. The molecule has 0 aromatic carbocycles. The molecular formula is C13H23NO2S. The average Bonchev–Trinajstić information content (AvgIpc) is 2.99. The molecular weight excluding hydrogens is 234 g/mol. The molecule has 0 aliphatic heterocycles. The number of aliphatic carboxylic acids is 1. The number of carboxylic acids is 1. The Hall–Kier alpha value is -0.220. The van der Waals surface area contributed by atoms with Crippen LogP contribution in [0, 0.1) is 0 Å². The zero-order chi connectivity index (χ0) is 12.3. The van der Waals surface area contributed by atoms with Gasteiger partial charge in [-0.2, -0.15) is 11.8 Å². The normalized spacial score (nSPS) is 32.9. The number of hydrogen-bond donors (Lipinski definition) is 2. The molecule has 17 heavy (non-hydrogen) atoms. The van der Waals surface area contributed by atoms with Crippen LogP contribution >= 0.6 is 11.8 Å². The zero-order valence-corrected chi connectivity index (χ0v) is 11.4. The van der Waals surface area contributed by atoms with Crippen molar-refractivity contribution >= 4 is 17.7 Å². The lowest BCUT2D eigenvalue weighted by molar-refractivity contribution is -0.144. The summed E-state index contributed by atoms with van der Waals surface area (Å²) in [6.45, 7) is 2.20. The van der Waals surface area contributed by atoms with Gasteiger partial charge < -0.3 is 5.11 Å². The molecule has 0 heterocycles. The highest BCUT2D eigenvalue weighted by Crippen LogP contribution is 2.39. The molecule has 0 bridgehead atoms. The van der Waals surface area contributed by atoms with Gasteiger partial charge in [0.2, 0.25) is 0 Å². The third-order valence-corrected chi connectivity index (χ3v) is 5.19. The van der Waals surface area contributed by atoms with E-state index in [1.54, 1.807) is 0 Å². The molecule has 2 unspecified atom stereocenters. The van der Waals surface area contributed by atoms with Crippen LogP contribution in [-0.2, 0) is 4.79 Å². The van der Waals surface area contributed by atoms with E-state index >= 15 is 0 Å². The van der Waals surface area contributed by atoms with Crippen molar-refractivity contribution in [2.75, 3.05) is 5.75 Å². The number of carbonyl (C=O) groups is 1. The van der Waals surface area contributed by atoms with Crippen molar-refractivity contribution in [3.63, 3.8) is 0 Å². The van der Waals surface area contributed by atoms with Gasteiger partial charge in [-0.05, 0) is 44.3 Å². The molecule has 0 spiro atoms. The SMILES string of the molecule is CCCCSC1CCC(NC2CC2)(C(=O)O)C1. The first-order valence-electron chi connectivity index (χ1n) is 6.79. The summed E-state index contributed by atoms with van der Waals surface area (Å²) in [4.78, 5) is 11.5. The first-order chi connectivity index (χ1) is 8.16. The maximum absolute atomic E-state index is 11.5. The van der Waals surface area contributed by atoms with Gasteiger partial charge in [-0.1, -0.05) is 13.3 Å². The highest BCUT2D eigenvalue weighted by molar-refractivity contribution is 7.99. The largest absolute Gasteiger partial charge is 0.480 e. The first kappa shape index (κ1) is 13.2. The average molecular weight is 257 g/mol. The summed E-state index contributed by atoms with van der Waals surface area (Å²) in [5.41, 5.74) is -0.606. The number of nitrogens with one attached hydrogen (secondary N) is 1. The highest BCUT2D eigenvalue weighted by atomic mass is 32.2. The Labute approximate surface area is 108 Å². The predicted octanol–water partition coefficient (Wildman–Crippen LogP) is 2.65. The fourth-order valence-corrected chi connectivity index (χ4v) is 4.02. The molecule has 0 saturated heterocycles. The van der Waals surface area contributed by atoms with Crippen LogP contribution in [0.25, 0.3) is 0 Å². The minimum atomic E-state index is -0.636. The standard InChI is InChI=1S/C13H23NO2S/c1-2-3-8-17-11-6-7-13(9-11,12(15)16)14-10-4-5-10/h10-11,14H,2-9H2,1H3,(H,15,16). The highest BCUT2D eigenvalue weighted by Gasteiger charge is 2.48. The van der Waals surface area contributed by atoms with E-state index in [0.29, 0.717) is 11.3 Å². The second-order valence-corrected chi connectivity index (χ2v) is 6.80. The van der Waals surface area contributed by atoms with Gasteiger partial charge in [-0.15, -0.1) is 0 Å². The monoisotopic (exact) mass is 257 g/mol. The Morgan fingerprint density at radius 2 is 2.24 bits per heavy atom. The molecule has 2 saturated carbocycles. The van der Waals surface area contributed by atoms with Gasteiger partial charge in [0.25, 0.3) is 0 Å². The molecule has 0 radical (unpaired) electrons. The van der Waals surface area contributed by atoms with Crippen molar-refractivity contribution in [2.24, 2.45) is 0 Å². The van der Waals surface area contributed by atoms with Crippen molar-refractivity contribution in [1.29, 1.82) is 0 Å². The van der Waals surface area contributed by atoms with Crippen LogP contribution in [0.4, 0.5) is 0 Å². The lowest BCUT2D eigenvalue weighted by atomic mass is 9.98. The second-order valence-electron chi connectivity index (χ2n) is 5.40. The smallest absolute Gasteiger partial charge is 0.323 e. The van der Waals surface area contributed by atoms with E-state index < -0.39 is 11.5 Å². The number of hydrogen-bond acceptors (Lipinski definition) is 3. The third kappa shape index (κ3) is 3.38. The maximum atomic E-state index is 11.5. The topological polar surface area (TPSA) is 49.3 Å². The van der Waals surface area contributed by atoms with E-state index in [1.165, 1.54) is 18.6 Å². The quantitative estimate of drug-likeness (QED) is 0.688. The fraction of sp³-hybridized carbons (Fsp3) is 0.923. The Morgan fingerprint density at radius 1 is 1.47 bits per heavy atom. The summed E-state index contributed by atoms with van der Waals surface area (Å²) in [6.07, 6.45) is 7.46. The van der Waals surface area contributed by atoms with Crippen molar-refractivity contribution in [3.8, 4) is 0 Å². The zero-order valence-electron chi connectivity index (χ0n) is 10.6. The molecule has 0 aromatic heterocycles. The first-order valence-corrected chi connectivity index (χ1v) is 7.84. The van der Waals surface area contributed by atoms with Gasteiger partial charge in [0.05, 0.1) is 0 Å². The lowest BCUT2D eigenvalue weighted by Gasteiger charge is -2.26. The minimum absolute atomic E-state index is 0.477. The van der Waals surface area contributed by atoms with Gasteiger partial charge in [-0.3, -0.25) is 10.1 Å². The molecule has 98 valence electrons. The Kier molecular flexibility index (Phi) is 4.36. The van der Waals surface area contributed by atoms with Crippen LogP contribution in [-0.4, -0.2) is 33.7 Å². The number of rotatable bonds is 7. The van der Waals surface area contributed by atoms with Crippen LogP contribution < -0.4 is 5.32 Å². The molecule has 2 fully saturated rings. The van der Waals surface area contributed by atoms with Crippen molar-refractivity contribution in [1.82, 2.24) is 5.32 Å². The van der Waals surface area contributed by atoms with Gasteiger partial charge in [0.15, 0.2) is 0 Å². The van der Waals surface area contributed by atoms with Gasteiger partial charge in [-0.25, -0.2) is 0 Å². The molecule has 0 aromatic rings. The van der Waals surface area contributed by atoms with E-state index in [2.05, 4.69) is 12.2 Å². The van der Waals surface area contributed by atoms with Crippen molar-refractivity contribution < 1.29 is 9.90 Å². The van der Waals surface area contributed by atoms with Crippen LogP contribution in [0.1, 0.15) is 51.9 Å². The summed E-state index contributed by atoms with van der Waals surface area (Å²) < 4.78 is 0. The van der Waals surface area contributed by atoms with Crippen molar-refractivity contribution in [3.05, 3.63) is 0 Å². The molecule has 2 rings (SSSR count). The Bertz CT molecular complexity index is 281. The van der Waals surface area contributed by atoms with E-state index in [-0.39, 0.29) is 0 Å². The van der Waals surface area contributed by atoms with E-state index in [0.717, 1.165) is 32.1 Å². The van der Waals surface area contributed by atoms with Gasteiger partial charge in [0, 0.05) is 11.3 Å². The molecule has 2 aliphatic carbocycles. The summed E-state index contributed by atoms with van der Waals surface area (Å²) in [6, 6.07) is 0.477. The lowest BCUT2D eigenvalue weighted by Crippen LogP contribution is -2.51. The predicted molar refractivity (Wildman–Crippen MR) is 71.5 cm³/mol.